The van der Waals surface area contributed by atoms with E-state index in [1.54, 1.807) is 11.3 Å². The van der Waals surface area contributed by atoms with Gasteiger partial charge in [0.25, 0.3) is 0 Å². The molecule has 5 rings (SSSR count). The molecule has 158 valence electrons. The molecule has 7 heteroatoms. The fourth-order valence-electron chi connectivity index (χ4n) is 4.04. The van der Waals surface area contributed by atoms with E-state index in [2.05, 4.69) is 28.4 Å². The lowest BCUT2D eigenvalue weighted by Gasteiger charge is -2.31. The first-order valence-electron chi connectivity index (χ1n) is 10.8. The molecule has 1 aliphatic rings. The van der Waals surface area contributed by atoms with Crippen molar-refractivity contribution in [2.75, 3.05) is 13.1 Å². The number of carbonyl (C=O) groups excluding carboxylic acids is 1. The zero-order valence-electron chi connectivity index (χ0n) is 17.2. The van der Waals surface area contributed by atoms with Gasteiger partial charge in [-0.05, 0) is 43.5 Å². The predicted molar refractivity (Wildman–Crippen MR) is 121 cm³/mol. The molecule has 1 aliphatic heterocycles. The van der Waals surface area contributed by atoms with E-state index >= 15 is 0 Å². The summed E-state index contributed by atoms with van der Waals surface area (Å²) in [4.78, 5) is 19.4. The number of nitrogens with zero attached hydrogens (tertiary/aromatic N) is 4. The number of likely N-dealkylation sites (tertiary alicyclic amines) is 1. The van der Waals surface area contributed by atoms with E-state index in [4.69, 9.17) is 9.40 Å². The zero-order valence-corrected chi connectivity index (χ0v) is 18.1. The number of hydrogen-bond acceptors (Lipinski definition) is 6. The van der Waals surface area contributed by atoms with Gasteiger partial charge >= 0.3 is 0 Å². The summed E-state index contributed by atoms with van der Waals surface area (Å²) in [7, 11) is 0. The smallest absolute Gasteiger partial charge is 0.247 e. The Labute approximate surface area is 184 Å². The van der Waals surface area contributed by atoms with Crippen molar-refractivity contribution in [3.05, 3.63) is 65.5 Å². The second kappa shape index (κ2) is 8.98. The van der Waals surface area contributed by atoms with Gasteiger partial charge in [0.15, 0.2) is 0 Å². The van der Waals surface area contributed by atoms with E-state index in [0.29, 0.717) is 37.0 Å². The lowest BCUT2D eigenvalue weighted by molar-refractivity contribution is -0.132. The molecule has 31 heavy (non-hydrogen) atoms. The topological polar surface area (TPSA) is 72.1 Å². The second-order valence-electron chi connectivity index (χ2n) is 7.90. The Morgan fingerprint density at radius 3 is 2.61 bits per heavy atom. The van der Waals surface area contributed by atoms with Gasteiger partial charge in [0.1, 0.15) is 0 Å². The van der Waals surface area contributed by atoms with Crippen molar-refractivity contribution < 1.29 is 9.21 Å². The fourth-order valence-corrected chi connectivity index (χ4v) is 5.18. The standard InChI is InChI=1S/C24H24N4O2S/c29-22(12-6-11-21-26-27-23(30-21)17-7-2-1-3-8-17)28-15-13-18(14-16-28)24-25-19-9-4-5-10-20(19)31-24/h1-5,7-10,18H,6,11-16H2. The first-order valence-corrected chi connectivity index (χ1v) is 11.6. The zero-order chi connectivity index (χ0) is 21.0. The van der Waals surface area contributed by atoms with Gasteiger partial charge in [-0.2, -0.15) is 0 Å². The summed E-state index contributed by atoms with van der Waals surface area (Å²) in [5.74, 6) is 1.78. The van der Waals surface area contributed by atoms with Crippen LogP contribution >= 0.6 is 11.3 Å². The van der Waals surface area contributed by atoms with Gasteiger partial charge in [0.05, 0.1) is 15.2 Å². The van der Waals surface area contributed by atoms with Crippen molar-refractivity contribution in [3.8, 4) is 11.5 Å². The number of carbonyl (C=O) groups is 1. The summed E-state index contributed by atoms with van der Waals surface area (Å²) in [6.07, 6.45) is 3.81. The Hall–Kier alpha value is -3.06. The molecule has 2 aromatic heterocycles. The second-order valence-corrected chi connectivity index (χ2v) is 8.96. The number of aromatic nitrogens is 3. The van der Waals surface area contributed by atoms with E-state index in [1.807, 2.05) is 41.3 Å². The summed E-state index contributed by atoms with van der Waals surface area (Å²) < 4.78 is 6.98. The van der Waals surface area contributed by atoms with Crippen LogP contribution in [0.15, 0.2) is 59.0 Å². The number of hydrogen-bond donors (Lipinski definition) is 0. The van der Waals surface area contributed by atoms with Crippen LogP contribution in [-0.2, 0) is 11.2 Å². The third kappa shape index (κ3) is 4.51. The molecule has 4 aromatic rings. The first kappa shape index (κ1) is 19.9. The average Bonchev–Trinajstić information content (AvgIpc) is 3.47. The number of para-hydroxylation sites is 1. The number of amides is 1. The molecule has 0 aliphatic carbocycles. The van der Waals surface area contributed by atoms with E-state index in [-0.39, 0.29) is 5.91 Å². The van der Waals surface area contributed by atoms with Crippen molar-refractivity contribution in [3.63, 3.8) is 0 Å². The van der Waals surface area contributed by atoms with Crippen LogP contribution in [0.5, 0.6) is 0 Å². The number of benzene rings is 2. The summed E-state index contributed by atoms with van der Waals surface area (Å²) in [5.41, 5.74) is 1.99. The van der Waals surface area contributed by atoms with Crippen LogP contribution in [0.4, 0.5) is 0 Å². The van der Waals surface area contributed by atoms with E-state index < -0.39 is 0 Å². The van der Waals surface area contributed by atoms with Gasteiger partial charge in [-0.15, -0.1) is 21.5 Å². The SMILES string of the molecule is O=C(CCCc1nnc(-c2ccccc2)o1)N1CCC(c2nc3ccccc3s2)CC1. The highest BCUT2D eigenvalue weighted by Gasteiger charge is 2.25. The molecule has 1 saturated heterocycles. The molecule has 0 N–H and O–H groups in total. The minimum absolute atomic E-state index is 0.213. The molecule has 0 bridgehead atoms. The van der Waals surface area contributed by atoms with Gasteiger partial charge in [-0.1, -0.05) is 30.3 Å². The Balaban J connectivity index is 1.09. The lowest BCUT2D eigenvalue weighted by atomic mass is 9.97. The first-order chi connectivity index (χ1) is 15.3. The van der Waals surface area contributed by atoms with E-state index in [0.717, 1.165) is 37.0 Å². The van der Waals surface area contributed by atoms with Crippen molar-refractivity contribution >= 4 is 27.5 Å². The molecule has 0 atom stereocenters. The highest BCUT2D eigenvalue weighted by Crippen LogP contribution is 2.34. The molecule has 2 aromatic carbocycles. The van der Waals surface area contributed by atoms with Gasteiger partial charge in [0.2, 0.25) is 17.7 Å². The van der Waals surface area contributed by atoms with E-state index in [1.165, 1.54) is 9.71 Å². The molecular weight excluding hydrogens is 408 g/mol. The Bertz CT molecular complexity index is 1130. The minimum atomic E-state index is 0.213. The minimum Gasteiger partial charge on any atom is -0.421 e. The normalized spacial score (nSPS) is 14.9. The Morgan fingerprint density at radius 2 is 1.81 bits per heavy atom. The van der Waals surface area contributed by atoms with Crippen molar-refractivity contribution in [1.29, 1.82) is 0 Å². The van der Waals surface area contributed by atoms with Gasteiger partial charge in [0, 0.05) is 37.4 Å². The van der Waals surface area contributed by atoms with Crippen LogP contribution in [-0.4, -0.2) is 39.1 Å². The van der Waals surface area contributed by atoms with E-state index in [9.17, 15) is 4.79 Å². The molecule has 6 nitrogen and oxygen atoms in total. The Morgan fingerprint density at radius 1 is 1.03 bits per heavy atom. The number of fused-ring (bicyclic) bond motifs is 1. The van der Waals surface area contributed by atoms with Crippen LogP contribution in [0.25, 0.3) is 21.7 Å². The number of piperidine rings is 1. The highest BCUT2D eigenvalue weighted by atomic mass is 32.1. The number of thiazole rings is 1. The number of aryl methyl sites for hydroxylation is 1. The molecule has 1 amide bonds. The fraction of sp³-hybridized carbons (Fsp3) is 0.333. The number of rotatable bonds is 6. The van der Waals surface area contributed by atoms with Crippen molar-refractivity contribution in [2.45, 2.75) is 38.0 Å². The molecule has 0 saturated carbocycles. The summed E-state index contributed by atoms with van der Waals surface area (Å²) in [5, 5.41) is 9.43. The average molecular weight is 433 g/mol. The maximum absolute atomic E-state index is 12.6. The summed E-state index contributed by atoms with van der Waals surface area (Å²) >= 11 is 1.79. The molecule has 1 fully saturated rings. The van der Waals surface area contributed by atoms with Crippen LogP contribution in [0, 0.1) is 0 Å². The molecule has 0 unspecified atom stereocenters. The largest absolute Gasteiger partial charge is 0.421 e. The molecule has 3 heterocycles. The highest BCUT2D eigenvalue weighted by molar-refractivity contribution is 7.18. The van der Waals surface area contributed by atoms with Crippen LogP contribution in [0.3, 0.4) is 0 Å². The van der Waals surface area contributed by atoms with Crippen molar-refractivity contribution in [1.82, 2.24) is 20.1 Å². The van der Waals surface area contributed by atoms with Crippen LogP contribution < -0.4 is 0 Å². The van der Waals surface area contributed by atoms with Crippen molar-refractivity contribution in [2.24, 2.45) is 0 Å². The third-order valence-corrected chi connectivity index (χ3v) is 6.98. The molecular formula is C24H24N4O2S. The monoisotopic (exact) mass is 432 g/mol. The van der Waals surface area contributed by atoms with Crippen LogP contribution in [0.1, 0.15) is 42.5 Å². The predicted octanol–water partition coefficient (Wildman–Crippen LogP) is 5.08. The summed E-state index contributed by atoms with van der Waals surface area (Å²) in [6, 6.07) is 18.0. The third-order valence-electron chi connectivity index (χ3n) is 5.78. The maximum atomic E-state index is 12.6. The maximum Gasteiger partial charge on any atom is 0.247 e. The lowest BCUT2D eigenvalue weighted by Crippen LogP contribution is -2.37. The van der Waals surface area contributed by atoms with Gasteiger partial charge in [-0.25, -0.2) is 4.98 Å². The molecule has 0 radical (unpaired) electrons. The quantitative estimate of drug-likeness (QED) is 0.425. The van der Waals surface area contributed by atoms with Gasteiger partial charge in [-0.3, -0.25) is 4.79 Å². The van der Waals surface area contributed by atoms with Gasteiger partial charge < -0.3 is 9.32 Å². The van der Waals surface area contributed by atoms with Crippen LogP contribution in [0.2, 0.25) is 0 Å². The molecule has 0 spiro atoms. The Kier molecular flexibility index (Phi) is 5.76. The summed E-state index contributed by atoms with van der Waals surface area (Å²) in [6.45, 7) is 1.61.